The van der Waals surface area contributed by atoms with Crippen molar-refractivity contribution in [3.8, 4) is 5.69 Å². The van der Waals surface area contributed by atoms with Crippen molar-refractivity contribution in [1.29, 1.82) is 0 Å². The Morgan fingerprint density at radius 2 is 1.83 bits per heavy atom. The number of anilines is 3. The predicted octanol–water partition coefficient (Wildman–Crippen LogP) is 3.17. The highest BCUT2D eigenvalue weighted by Gasteiger charge is 2.26. The summed E-state index contributed by atoms with van der Waals surface area (Å²) in [6.45, 7) is 3.51. The number of fused-ring (bicyclic) bond motifs is 1. The zero-order valence-corrected chi connectivity index (χ0v) is 17.3. The van der Waals surface area contributed by atoms with E-state index in [4.69, 9.17) is 9.97 Å². The lowest BCUT2D eigenvalue weighted by atomic mass is 10.3. The largest absolute Gasteiger partial charge is 0.365 e. The Morgan fingerprint density at radius 3 is 2.57 bits per heavy atom. The number of imidazole rings is 1. The highest BCUT2D eigenvalue weighted by Crippen LogP contribution is 2.30. The van der Waals surface area contributed by atoms with Gasteiger partial charge in [-0.2, -0.15) is 21.3 Å². The Hall–Kier alpha value is -3.20. The van der Waals surface area contributed by atoms with Gasteiger partial charge in [-0.05, 0) is 36.4 Å². The van der Waals surface area contributed by atoms with Crippen LogP contribution in [0.15, 0.2) is 47.5 Å². The second-order valence-corrected chi connectivity index (χ2v) is 8.50. The molecule has 0 amide bonds. The molecule has 0 unspecified atom stereocenters. The number of nitrogens with zero attached hydrogens (tertiary/aromatic N) is 7. The molecule has 4 aromatic rings. The van der Waals surface area contributed by atoms with Gasteiger partial charge in [0.2, 0.25) is 5.95 Å². The van der Waals surface area contributed by atoms with Gasteiger partial charge in [0.05, 0.1) is 5.69 Å². The topological polar surface area (TPSA) is 75.0 Å². The van der Waals surface area contributed by atoms with E-state index in [1.165, 1.54) is 12.8 Å². The summed E-state index contributed by atoms with van der Waals surface area (Å²) in [6.07, 6.45) is 6.08. The van der Waals surface area contributed by atoms with Crippen molar-refractivity contribution in [1.82, 2.24) is 24.5 Å². The molecular weight excluding hydrogens is 396 g/mol. The first-order valence-electron chi connectivity index (χ1n) is 10.3. The van der Waals surface area contributed by atoms with Gasteiger partial charge < -0.3 is 15.1 Å². The Balaban J connectivity index is 1.33. The van der Waals surface area contributed by atoms with Gasteiger partial charge in [0.1, 0.15) is 12.1 Å². The third kappa shape index (κ3) is 3.24. The second kappa shape index (κ2) is 7.24. The van der Waals surface area contributed by atoms with E-state index in [2.05, 4.69) is 52.5 Å². The van der Waals surface area contributed by atoms with Crippen LogP contribution in [-0.4, -0.2) is 56.7 Å². The molecule has 0 radical (unpaired) electrons. The van der Waals surface area contributed by atoms with Gasteiger partial charge in [-0.3, -0.25) is 4.57 Å². The van der Waals surface area contributed by atoms with Crippen LogP contribution >= 0.6 is 11.3 Å². The lowest BCUT2D eigenvalue weighted by Gasteiger charge is -2.35. The summed E-state index contributed by atoms with van der Waals surface area (Å²) in [5.74, 6) is 2.64. The SMILES string of the molecule is c1ccc(N2CCN(c3nc(NC4CC4)c4ncn(-c5ccsc5)c4n3)CC2)nc1. The summed E-state index contributed by atoms with van der Waals surface area (Å²) >= 11 is 1.67. The zero-order chi connectivity index (χ0) is 19.9. The van der Waals surface area contributed by atoms with E-state index in [9.17, 15) is 0 Å². The molecule has 2 fully saturated rings. The highest BCUT2D eigenvalue weighted by molar-refractivity contribution is 7.08. The van der Waals surface area contributed by atoms with E-state index in [-0.39, 0.29) is 0 Å². The lowest BCUT2D eigenvalue weighted by Crippen LogP contribution is -2.47. The quantitative estimate of drug-likeness (QED) is 0.533. The average molecular weight is 419 g/mol. The minimum Gasteiger partial charge on any atom is -0.365 e. The molecular formula is C21H22N8S. The summed E-state index contributed by atoms with van der Waals surface area (Å²) in [6, 6.07) is 8.65. The molecule has 0 spiro atoms. The van der Waals surface area contributed by atoms with E-state index >= 15 is 0 Å². The van der Waals surface area contributed by atoms with Crippen molar-refractivity contribution in [3.05, 3.63) is 47.5 Å². The first kappa shape index (κ1) is 17.6. The number of piperazine rings is 1. The monoisotopic (exact) mass is 418 g/mol. The van der Waals surface area contributed by atoms with Crippen molar-refractivity contribution < 1.29 is 0 Å². The van der Waals surface area contributed by atoms with Crippen molar-refractivity contribution in [2.45, 2.75) is 18.9 Å². The summed E-state index contributed by atoms with van der Waals surface area (Å²) < 4.78 is 2.05. The predicted molar refractivity (Wildman–Crippen MR) is 120 cm³/mol. The fraction of sp³-hybridized carbons (Fsp3) is 0.333. The Morgan fingerprint density at radius 1 is 0.967 bits per heavy atom. The van der Waals surface area contributed by atoms with E-state index in [0.717, 1.165) is 60.6 Å². The maximum Gasteiger partial charge on any atom is 0.229 e. The molecule has 30 heavy (non-hydrogen) atoms. The summed E-state index contributed by atoms with van der Waals surface area (Å²) in [5, 5.41) is 7.75. The number of nitrogens with one attached hydrogen (secondary N) is 1. The van der Waals surface area contributed by atoms with Crippen LogP contribution in [0.3, 0.4) is 0 Å². The number of thiophene rings is 1. The molecule has 1 aliphatic heterocycles. The molecule has 1 saturated heterocycles. The van der Waals surface area contributed by atoms with Crippen molar-refractivity contribution >= 4 is 40.1 Å². The van der Waals surface area contributed by atoms with E-state index in [0.29, 0.717) is 6.04 Å². The molecule has 2 aliphatic rings. The standard InChI is InChI=1S/C21H22N8S/c1-2-7-22-17(3-1)27-8-10-28(11-9-27)21-25-19(24-15-4-5-15)18-20(26-21)29(14-23-18)16-6-12-30-13-16/h1-3,6-7,12-15H,4-5,8-11H2,(H,24,25,26). The van der Waals surface area contributed by atoms with Gasteiger partial charge in [-0.25, -0.2) is 9.97 Å². The zero-order valence-electron chi connectivity index (χ0n) is 16.5. The molecule has 152 valence electrons. The van der Waals surface area contributed by atoms with Crippen LogP contribution in [0.1, 0.15) is 12.8 Å². The van der Waals surface area contributed by atoms with Gasteiger partial charge >= 0.3 is 0 Å². The molecule has 6 rings (SSSR count). The van der Waals surface area contributed by atoms with E-state index in [1.807, 2.05) is 24.7 Å². The highest BCUT2D eigenvalue weighted by atomic mass is 32.1. The minimum absolute atomic E-state index is 0.503. The van der Waals surface area contributed by atoms with Crippen molar-refractivity contribution in [3.63, 3.8) is 0 Å². The Labute approximate surface area is 178 Å². The van der Waals surface area contributed by atoms with Gasteiger partial charge in [0.25, 0.3) is 0 Å². The number of rotatable bonds is 5. The van der Waals surface area contributed by atoms with Gasteiger partial charge in [-0.1, -0.05) is 6.07 Å². The molecule has 1 saturated carbocycles. The molecule has 4 aromatic heterocycles. The molecule has 8 nitrogen and oxygen atoms in total. The van der Waals surface area contributed by atoms with Crippen molar-refractivity contribution in [2.24, 2.45) is 0 Å². The normalized spacial score (nSPS) is 16.9. The van der Waals surface area contributed by atoms with Crippen molar-refractivity contribution in [2.75, 3.05) is 41.3 Å². The fourth-order valence-electron chi connectivity index (χ4n) is 3.81. The molecule has 5 heterocycles. The maximum absolute atomic E-state index is 4.95. The van der Waals surface area contributed by atoms with Crippen LogP contribution in [0.5, 0.6) is 0 Å². The first-order chi connectivity index (χ1) is 14.8. The van der Waals surface area contributed by atoms with Crippen LogP contribution in [0.2, 0.25) is 0 Å². The van der Waals surface area contributed by atoms with Gasteiger partial charge in [0, 0.05) is 43.8 Å². The van der Waals surface area contributed by atoms with Crippen LogP contribution in [0, 0.1) is 0 Å². The summed E-state index contributed by atoms with van der Waals surface area (Å²) in [7, 11) is 0. The molecule has 0 aromatic carbocycles. The van der Waals surface area contributed by atoms with Gasteiger partial charge in [-0.15, -0.1) is 0 Å². The van der Waals surface area contributed by atoms with E-state index in [1.54, 1.807) is 11.3 Å². The Bertz CT molecular complexity index is 1140. The molecule has 0 atom stereocenters. The smallest absolute Gasteiger partial charge is 0.229 e. The van der Waals surface area contributed by atoms with Gasteiger partial charge in [0.15, 0.2) is 17.0 Å². The first-order valence-corrected chi connectivity index (χ1v) is 11.2. The van der Waals surface area contributed by atoms with Crippen LogP contribution in [-0.2, 0) is 0 Å². The van der Waals surface area contributed by atoms with Crippen LogP contribution < -0.4 is 15.1 Å². The number of aromatic nitrogens is 5. The van der Waals surface area contributed by atoms with E-state index < -0.39 is 0 Å². The minimum atomic E-state index is 0.503. The fourth-order valence-corrected chi connectivity index (χ4v) is 4.44. The summed E-state index contributed by atoms with van der Waals surface area (Å²) in [4.78, 5) is 23.5. The third-order valence-corrected chi connectivity index (χ3v) is 6.29. The molecule has 1 aliphatic carbocycles. The lowest BCUT2D eigenvalue weighted by molar-refractivity contribution is 0.635. The molecule has 1 N–H and O–H groups in total. The third-order valence-electron chi connectivity index (χ3n) is 5.62. The average Bonchev–Trinajstić information content (AvgIpc) is 3.26. The van der Waals surface area contributed by atoms with Crippen LogP contribution in [0.25, 0.3) is 16.9 Å². The maximum atomic E-state index is 4.95. The number of hydrogen-bond acceptors (Lipinski definition) is 8. The number of hydrogen-bond donors (Lipinski definition) is 1. The second-order valence-electron chi connectivity index (χ2n) is 7.72. The molecule has 9 heteroatoms. The molecule has 0 bridgehead atoms. The number of pyridine rings is 1. The van der Waals surface area contributed by atoms with Crippen LogP contribution in [0.4, 0.5) is 17.6 Å². The summed E-state index contributed by atoms with van der Waals surface area (Å²) in [5.41, 5.74) is 2.78. The Kier molecular flexibility index (Phi) is 4.26.